The maximum atomic E-state index is 11.2. The number of rotatable bonds is 7. The Labute approximate surface area is 222 Å². The van der Waals surface area contributed by atoms with Crippen LogP contribution in [-0.4, -0.2) is 29.2 Å². The van der Waals surface area contributed by atoms with Gasteiger partial charge in [0.1, 0.15) is 29.1 Å². The van der Waals surface area contributed by atoms with Crippen LogP contribution in [0.3, 0.4) is 0 Å². The molecule has 2 atom stereocenters. The van der Waals surface area contributed by atoms with E-state index in [0.29, 0.717) is 38.7 Å². The maximum absolute atomic E-state index is 11.2. The Kier molecular flexibility index (Phi) is 6.68. The molecular formula is C26H21ClN4O5S. The van der Waals surface area contributed by atoms with Crippen molar-refractivity contribution in [2.45, 2.75) is 12.1 Å². The Hall–Kier alpha value is -4.15. The quantitative estimate of drug-likeness (QED) is 0.170. The summed E-state index contributed by atoms with van der Waals surface area (Å²) in [4.78, 5) is 17.2. The largest absolute Gasteiger partial charge is 0.496 e. The number of hydrogen-bond acceptors (Lipinski definition) is 7. The molecule has 2 aromatic carbocycles. The summed E-state index contributed by atoms with van der Waals surface area (Å²) in [6.45, 7) is 0. The van der Waals surface area contributed by atoms with Crippen molar-refractivity contribution in [1.82, 2.24) is 10.3 Å². The zero-order valence-corrected chi connectivity index (χ0v) is 21.3. The lowest BCUT2D eigenvalue weighted by Crippen LogP contribution is -2.29. The zero-order valence-electron chi connectivity index (χ0n) is 19.8. The van der Waals surface area contributed by atoms with Crippen molar-refractivity contribution >= 4 is 40.3 Å². The predicted octanol–water partition coefficient (Wildman–Crippen LogP) is 6.10. The standard InChI is InChI=1S/C26H21ClN4O5S/c1-34-21-9-7-15(13-18(21)27)30-25(24(29-26(30)37)19-5-3-4-12-28-19)22-11-10-20(36-22)17-8-6-16(31(32)33)14-23(17)35-2/h3-14,24-25H,1-2H3,(H,29,37)/t24-,25+/m1/s1. The third-order valence-corrected chi connectivity index (χ3v) is 6.70. The van der Waals surface area contributed by atoms with E-state index in [2.05, 4.69) is 10.3 Å². The van der Waals surface area contributed by atoms with E-state index in [-0.39, 0.29) is 11.7 Å². The zero-order chi connectivity index (χ0) is 26.1. The van der Waals surface area contributed by atoms with Crippen LogP contribution in [-0.2, 0) is 0 Å². The van der Waals surface area contributed by atoms with E-state index in [1.54, 1.807) is 37.6 Å². The molecule has 0 spiro atoms. The number of non-ortho nitro benzene ring substituents is 1. The molecule has 1 saturated heterocycles. The van der Waals surface area contributed by atoms with E-state index in [1.807, 2.05) is 35.2 Å². The fourth-order valence-corrected chi connectivity index (χ4v) is 4.98. The first-order chi connectivity index (χ1) is 17.9. The first kappa shape index (κ1) is 24.5. The molecule has 188 valence electrons. The minimum Gasteiger partial charge on any atom is -0.496 e. The highest BCUT2D eigenvalue weighted by atomic mass is 35.5. The Balaban J connectivity index is 1.60. The van der Waals surface area contributed by atoms with E-state index in [1.165, 1.54) is 19.2 Å². The molecule has 1 aliphatic heterocycles. The van der Waals surface area contributed by atoms with Gasteiger partial charge in [-0.05, 0) is 60.7 Å². The molecule has 0 radical (unpaired) electrons. The molecule has 37 heavy (non-hydrogen) atoms. The van der Waals surface area contributed by atoms with Gasteiger partial charge in [-0.3, -0.25) is 15.1 Å². The maximum Gasteiger partial charge on any atom is 0.273 e. The molecule has 0 bridgehead atoms. The summed E-state index contributed by atoms with van der Waals surface area (Å²) >= 11 is 12.2. The van der Waals surface area contributed by atoms with E-state index >= 15 is 0 Å². The summed E-state index contributed by atoms with van der Waals surface area (Å²) in [6.07, 6.45) is 1.72. The first-order valence-electron chi connectivity index (χ1n) is 11.2. The average Bonchev–Trinajstić information content (AvgIpc) is 3.53. The fraction of sp³-hybridized carbons (Fsp3) is 0.154. The molecule has 0 saturated carbocycles. The molecule has 1 aliphatic rings. The molecule has 11 heteroatoms. The smallest absolute Gasteiger partial charge is 0.273 e. The van der Waals surface area contributed by atoms with Gasteiger partial charge in [-0.15, -0.1) is 0 Å². The normalized spacial score (nSPS) is 16.9. The van der Waals surface area contributed by atoms with Gasteiger partial charge in [0.2, 0.25) is 0 Å². The number of aromatic nitrogens is 1. The third-order valence-electron chi connectivity index (χ3n) is 6.09. The Morgan fingerprint density at radius 3 is 2.57 bits per heavy atom. The van der Waals surface area contributed by atoms with Gasteiger partial charge in [0.25, 0.3) is 5.69 Å². The molecule has 3 heterocycles. The van der Waals surface area contributed by atoms with E-state index < -0.39 is 11.0 Å². The highest BCUT2D eigenvalue weighted by molar-refractivity contribution is 7.80. The van der Waals surface area contributed by atoms with E-state index in [0.717, 1.165) is 11.4 Å². The van der Waals surface area contributed by atoms with Crippen LogP contribution in [0.15, 0.2) is 77.3 Å². The lowest BCUT2D eigenvalue weighted by atomic mass is 10.0. The number of hydrogen-bond donors (Lipinski definition) is 1. The van der Waals surface area contributed by atoms with Crippen molar-refractivity contribution < 1.29 is 18.8 Å². The van der Waals surface area contributed by atoms with E-state index in [4.69, 9.17) is 37.7 Å². The van der Waals surface area contributed by atoms with E-state index in [9.17, 15) is 10.1 Å². The number of pyridine rings is 1. The number of ether oxygens (including phenoxy) is 2. The molecular weight excluding hydrogens is 516 g/mol. The van der Waals surface area contributed by atoms with Gasteiger partial charge >= 0.3 is 0 Å². The minimum absolute atomic E-state index is 0.0736. The highest BCUT2D eigenvalue weighted by Crippen LogP contribution is 2.45. The van der Waals surface area contributed by atoms with Crippen LogP contribution in [0.5, 0.6) is 11.5 Å². The molecule has 5 rings (SSSR count). The summed E-state index contributed by atoms with van der Waals surface area (Å²) < 4.78 is 17.1. The van der Waals surface area contributed by atoms with Crippen molar-refractivity contribution in [1.29, 1.82) is 0 Å². The third kappa shape index (κ3) is 4.56. The van der Waals surface area contributed by atoms with Crippen LogP contribution in [0.2, 0.25) is 5.02 Å². The molecule has 1 fully saturated rings. The van der Waals surface area contributed by atoms with Crippen LogP contribution < -0.4 is 19.7 Å². The monoisotopic (exact) mass is 536 g/mol. The van der Waals surface area contributed by atoms with Crippen molar-refractivity contribution in [3.05, 3.63) is 99.5 Å². The van der Waals surface area contributed by atoms with Gasteiger partial charge in [0.15, 0.2) is 5.11 Å². The van der Waals surface area contributed by atoms with Gasteiger partial charge in [0, 0.05) is 18.0 Å². The number of nitrogens with zero attached hydrogens (tertiary/aromatic N) is 3. The molecule has 0 aliphatic carbocycles. The topological polar surface area (TPSA) is 103 Å². The average molecular weight is 537 g/mol. The molecule has 1 N–H and O–H groups in total. The van der Waals surface area contributed by atoms with Crippen LogP contribution in [0.4, 0.5) is 11.4 Å². The van der Waals surface area contributed by atoms with Crippen molar-refractivity contribution in [3.8, 4) is 22.8 Å². The molecule has 0 unspecified atom stereocenters. The van der Waals surface area contributed by atoms with Crippen molar-refractivity contribution in [2.24, 2.45) is 0 Å². The van der Waals surface area contributed by atoms with Crippen LogP contribution in [0.25, 0.3) is 11.3 Å². The molecule has 0 amide bonds. The summed E-state index contributed by atoms with van der Waals surface area (Å²) in [6, 6.07) is 18.4. The Morgan fingerprint density at radius 2 is 1.89 bits per heavy atom. The van der Waals surface area contributed by atoms with Gasteiger partial charge in [-0.2, -0.15) is 0 Å². The number of furan rings is 1. The first-order valence-corrected chi connectivity index (χ1v) is 12.0. The second-order valence-electron chi connectivity index (χ2n) is 8.16. The van der Waals surface area contributed by atoms with Gasteiger partial charge in [-0.25, -0.2) is 0 Å². The SMILES string of the molecule is COc1ccc(N2C(=S)N[C@H](c3ccccn3)[C@@H]2c2ccc(-c3ccc([N+](=O)[O-])cc3OC)o2)cc1Cl. The van der Waals surface area contributed by atoms with Crippen LogP contribution in [0.1, 0.15) is 23.5 Å². The van der Waals surface area contributed by atoms with Crippen molar-refractivity contribution in [3.63, 3.8) is 0 Å². The number of nitro benzene ring substituents is 1. The van der Waals surface area contributed by atoms with Crippen molar-refractivity contribution in [2.75, 3.05) is 19.1 Å². The van der Waals surface area contributed by atoms with Crippen LogP contribution >= 0.6 is 23.8 Å². The number of nitrogens with one attached hydrogen (secondary N) is 1. The second-order valence-corrected chi connectivity index (χ2v) is 8.95. The Morgan fingerprint density at radius 1 is 1.08 bits per heavy atom. The summed E-state index contributed by atoms with van der Waals surface area (Å²) in [5.41, 5.74) is 2.04. The van der Waals surface area contributed by atoms with Crippen LogP contribution in [0, 0.1) is 10.1 Å². The molecule has 9 nitrogen and oxygen atoms in total. The molecule has 4 aromatic rings. The second kappa shape index (κ2) is 10.1. The van der Waals surface area contributed by atoms with Gasteiger partial charge in [-0.1, -0.05) is 17.7 Å². The van der Waals surface area contributed by atoms with Gasteiger partial charge < -0.3 is 24.1 Å². The summed E-state index contributed by atoms with van der Waals surface area (Å²) in [5, 5.41) is 15.5. The van der Waals surface area contributed by atoms with Gasteiger partial charge in [0.05, 0.1) is 47.5 Å². The lowest BCUT2D eigenvalue weighted by Gasteiger charge is -2.26. The highest BCUT2D eigenvalue weighted by Gasteiger charge is 2.42. The number of benzene rings is 2. The number of methoxy groups -OCH3 is 2. The molecule has 2 aromatic heterocycles. The number of nitro groups is 1. The Bertz CT molecular complexity index is 1480. The fourth-order valence-electron chi connectivity index (χ4n) is 4.38. The number of halogens is 1. The lowest BCUT2D eigenvalue weighted by molar-refractivity contribution is -0.384. The summed E-state index contributed by atoms with van der Waals surface area (Å²) in [5.74, 6) is 1.97. The number of anilines is 1. The number of thiocarbonyl (C=S) groups is 1. The predicted molar refractivity (Wildman–Crippen MR) is 143 cm³/mol. The summed E-state index contributed by atoms with van der Waals surface area (Å²) in [7, 11) is 3.01. The minimum atomic E-state index is -0.472.